The van der Waals surface area contributed by atoms with Crippen molar-refractivity contribution >= 4 is 17.3 Å². The third-order valence-corrected chi connectivity index (χ3v) is 3.03. The Morgan fingerprint density at radius 3 is 2.71 bits per heavy atom. The molecule has 0 amide bonds. The number of rotatable bonds is 6. The Morgan fingerprint density at radius 1 is 1.29 bits per heavy atom. The van der Waals surface area contributed by atoms with Gasteiger partial charge in [-0.3, -0.25) is 15.1 Å². The minimum Gasteiger partial charge on any atom is -0.367 e. The van der Waals surface area contributed by atoms with Crippen LogP contribution in [0.3, 0.4) is 0 Å². The van der Waals surface area contributed by atoms with Crippen LogP contribution in [0, 0.1) is 10.1 Å². The summed E-state index contributed by atoms with van der Waals surface area (Å²) in [5, 5.41) is 16.8. The monoisotopic (exact) mass is 288 g/mol. The minimum absolute atomic E-state index is 0.172. The van der Waals surface area contributed by atoms with Crippen molar-refractivity contribution in [3.8, 4) is 0 Å². The molecule has 0 aliphatic heterocycles. The van der Waals surface area contributed by atoms with Gasteiger partial charge in [-0.15, -0.1) is 0 Å². The molecule has 0 saturated carbocycles. The zero-order chi connectivity index (χ0) is 15.2. The molecule has 0 radical (unpaired) electrons. The predicted octanol–water partition coefficient (Wildman–Crippen LogP) is 2.00. The fraction of sp³-hybridized carbons (Fsp3) is 0.308. The molecule has 0 atom stereocenters. The molecule has 2 N–H and O–H groups in total. The van der Waals surface area contributed by atoms with Crippen LogP contribution in [0.4, 0.5) is 17.3 Å². The molecule has 0 bridgehead atoms. The van der Waals surface area contributed by atoms with Gasteiger partial charge in [0.25, 0.3) is 0 Å². The van der Waals surface area contributed by atoms with Crippen LogP contribution in [0.25, 0.3) is 0 Å². The van der Waals surface area contributed by atoms with Crippen molar-refractivity contribution in [2.24, 2.45) is 0 Å². The van der Waals surface area contributed by atoms with Gasteiger partial charge in [-0.1, -0.05) is 13.0 Å². The molecule has 2 aromatic rings. The highest BCUT2D eigenvalue weighted by Gasteiger charge is 2.22. The molecule has 8 nitrogen and oxygen atoms in total. The number of aryl methyl sites for hydroxylation is 1. The Balaban J connectivity index is 2.26. The smallest absolute Gasteiger partial charge is 0.353 e. The van der Waals surface area contributed by atoms with Crippen molar-refractivity contribution < 1.29 is 4.92 Å². The van der Waals surface area contributed by atoms with Crippen LogP contribution in [0.15, 0.2) is 24.7 Å². The molecule has 0 fully saturated rings. The predicted molar refractivity (Wildman–Crippen MR) is 79.2 cm³/mol. The molecular formula is C13H16N6O2. The lowest BCUT2D eigenvalue weighted by Gasteiger charge is -2.10. The fourth-order valence-corrected chi connectivity index (χ4v) is 1.98. The Hall–Kier alpha value is -2.77. The maximum absolute atomic E-state index is 11.2. The second-order valence-corrected chi connectivity index (χ2v) is 4.24. The summed E-state index contributed by atoms with van der Waals surface area (Å²) in [5.41, 5.74) is 1.77. The lowest BCUT2D eigenvalue weighted by atomic mass is 10.1. The van der Waals surface area contributed by atoms with Crippen LogP contribution in [-0.4, -0.2) is 26.9 Å². The molecule has 2 heterocycles. The zero-order valence-electron chi connectivity index (χ0n) is 11.8. The second kappa shape index (κ2) is 6.60. The van der Waals surface area contributed by atoms with Crippen molar-refractivity contribution in [3.05, 3.63) is 46.0 Å². The number of nitro groups is 1. The van der Waals surface area contributed by atoms with E-state index in [1.165, 1.54) is 6.33 Å². The first-order valence-electron chi connectivity index (χ1n) is 6.51. The van der Waals surface area contributed by atoms with Crippen molar-refractivity contribution in [3.63, 3.8) is 0 Å². The van der Waals surface area contributed by atoms with Crippen LogP contribution < -0.4 is 10.6 Å². The van der Waals surface area contributed by atoms with E-state index in [1.54, 1.807) is 13.2 Å². The topological polar surface area (TPSA) is 106 Å². The largest absolute Gasteiger partial charge is 0.367 e. The highest BCUT2D eigenvalue weighted by Crippen LogP contribution is 2.28. The Bertz CT molecular complexity index is 646. The summed E-state index contributed by atoms with van der Waals surface area (Å²) in [4.78, 5) is 22.7. The van der Waals surface area contributed by atoms with E-state index in [1.807, 2.05) is 19.1 Å². The van der Waals surface area contributed by atoms with Crippen LogP contribution >= 0.6 is 0 Å². The SMILES string of the molecule is CCc1cccnc1CNc1ncnc(NC)c1[N+](=O)[O-]. The number of pyridine rings is 1. The average Bonchev–Trinajstić information content (AvgIpc) is 2.52. The van der Waals surface area contributed by atoms with Crippen LogP contribution in [-0.2, 0) is 13.0 Å². The molecule has 2 rings (SSSR count). The number of hydrogen-bond acceptors (Lipinski definition) is 7. The summed E-state index contributed by atoms with van der Waals surface area (Å²) in [7, 11) is 1.58. The van der Waals surface area contributed by atoms with Gasteiger partial charge in [0, 0.05) is 13.2 Å². The first-order valence-corrected chi connectivity index (χ1v) is 6.51. The van der Waals surface area contributed by atoms with Gasteiger partial charge >= 0.3 is 5.69 Å². The van der Waals surface area contributed by atoms with E-state index in [4.69, 9.17) is 0 Å². The normalized spacial score (nSPS) is 10.2. The van der Waals surface area contributed by atoms with E-state index in [2.05, 4.69) is 25.6 Å². The Kier molecular flexibility index (Phi) is 4.60. The summed E-state index contributed by atoms with van der Waals surface area (Å²) >= 11 is 0. The number of anilines is 2. The molecule has 110 valence electrons. The van der Waals surface area contributed by atoms with Gasteiger partial charge in [-0.05, 0) is 18.1 Å². The third-order valence-electron chi connectivity index (χ3n) is 3.03. The van der Waals surface area contributed by atoms with Gasteiger partial charge < -0.3 is 10.6 Å². The Morgan fingerprint density at radius 2 is 2.05 bits per heavy atom. The van der Waals surface area contributed by atoms with Crippen LogP contribution in [0.2, 0.25) is 0 Å². The van der Waals surface area contributed by atoms with Gasteiger partial charge in [0.15, 0.2) is 0 Å². The van der Waals surface area contributed by atoms with Gasteiger partial charge in [0.2, 0.25) is 11.6 Å². The van der Waals surface area contributed by atoms with Crippen LogP contribution in [0.1, 0.15) is 18.2 Å². The number of hydrogen-bond donors (Lipinski definition) is 2. The highest BCUT2D eigenvalue weighted by atomic mass is 16.6. The van der Waals surface area contributed by atoms with E-state index in [9.17, 15) is 10.1 Å². The number of aromatic nitrogens is 3. The quantitative estimate of drug-likeness (QED) is 0.618. The fourth-order valence-electron chi connectivity index (χ4n) is 1.98. The summed E-state index contributed by atoms with van der Waals surface area (Å²) in [5.74, 6) is 0.348. The van der Waals surface area contributed by atoms with Gasteiger partial charge in [-0.25, -0.2) is 9.97 Å². The maximum Gasteiger partial charge on any atom is 0.353 e. The van der Waals surface area contributed by atoms with Gasteiger partial charge in [-0.2, -0.15) is 0 Å². The maximum atomic E-state index is 11.2. The van der Waals surface area contributed by atoms with E-state index in [0.29, 0.717) is 6.54 Å². The number of nitrogens with one attached hydrogen (secondary N) is 2. The molecule has 0 aliphatic rings. The Labute approximate surface area is 121 Å². The van der Waals surface area contributed by atoms with Crippen molar-refractivity contribution in [2.45, 2.75) is 19.9 Å². The zero-order valence-corrected chi connectivity index (χ0v) is 11.8. The lowest BCUT2D eigenvalue weighted by Crippen LogP contribution is -2.10. The van der Waals surface area contributed by atoms with Gasteiger partial charge in [0.1, 0.15) is 6.33 Å². The lowest BCUT2D eigenvalue weighted by molar-refractivity contribution is -0.383. The molecular weight excluding hydrogens is 272 g/mol. The van der Waals surface area contributed by atoms with Gasteiger partial charge in [0.05, 0.1) is 17.2 Å². The minimum atomic E-state index is -0.507. The van der Waals surface area contributed by atoms with Crippen molar-refractivity contribution in [1.29, 1.82) is 0 Å². The summed E-state index contributed by atoms with van der Waals surface area (Å²) < 4.78 is 0. The molecule has 0 aliphatic carbocycles. The third kappa shape index (κ3) is 3.22. The molecule has 2 aromatic heterocycles. The summed E-state index contributed by atoms with van der Waals surface area (Å²) in [6, 6.07) is 3.85. The molecule has 0 spiro atoms. The second-order valence-electron chi connectivity index (χ2n) is 4.24. The molecule has 8 heteroatoms. The van der Waals surface area contributed by atoms with Crippen molar-refractivity contribution in [1.82, 2.24) is 15.0 Å². The average molecular weight is 288 g/mol. The summed E-state index contributed by atoms with van der Waals surface area (Å²) in [6.07, 6.45) is 3.82. The first kappa shape index (κ1) is 14.6. The standard InChI is InChI=1S/C13H16N6O2/c1-3-9-5-4-6-15-10(9)7-16-13-11(19(20)21)12(14-2)17-8-18-13/h4-6,8H,3,7H2,1-2H3,(H2,14,16,17,18). The first-order chi connectivity index (χ1) is 10.2. The number of nitrogens with zero attached hydrogens (tertiary/aromatic N) is 4. The van der Waals surface area contributed by atoms with Crippen LogP contribution in [0.5, 0.6) is 0 Å². The molecule has 21 heavy (non-hydrogen) atoms. The van der Waals surface area contributed by atoms with Crippen molar-refractivity contribution in [2.75, 3.05) is 17.7 Å². The highest BCUT2D eigenvalue weighted by molar-refractivity contribution is 5.68. The summed E-state index contributed by atoms with van der Waals surface area (Å²) in [6.45, 7) is 2.40. The molecule has 0 aromatic carbocycles. The van der Waals surface area contributed by atoms with E-state index in [0.717, 1.165) is 17.7 Å². The van der Waals surface area contributed by atoms with E-state index >= 15 is 0 Å². The molecule has 0 unspecified atom stereocenters. The van der Waals surface area contributed by atoms with E-state index in [-0.39, 0.29) is 17.3 Å². The van der Waals surface area contributed by atoms with E-state index < -0.39 is 4.92 Å². The molecule has 0 saturated heterocycles.